The van der Waals surface area contributed by atoms with Gasteiger partial charge in [0, 0.05) is 28.6 Å². The van der Waals surface area contributed by atoms with Crippen LogP contribution in [0.1, 0.15) is 58.6 Å². The summed E-state index contributed by atoms with van der Waals surface area (Å²) in [5.74, 6) is 0.258. The van der Waals surface area contributed by atoms with Crippen molar-refractivity contribution in [3.63, 3.8) is 0 Å². The van der Waals surface area contributed by atoms with Gasteiger partial charge in [0.15, 0.2) is 5.78 Å². The molecule has 1 aliphatic carbocycles. The zero-order chi connectivity index (χ0) is 26.3. The number of rotatable bonds is 6. The van der Waals surface area contributed by atoms with Gasteiger partial charge in [-0.1, -0.05) is 105 Å². The van der Waals surface area contributed by atoms with E-state index < -0.39 is 5.41 Å². The van der Waals surface area contributed by atoms with E-state index in [9.17, 15) is 4.79 Å². The van der Waals surface area contributed by atoms with Gasteiger partial charge in [0.25, 0.3) is 0 Å². The summed E-state index contributed by atoms with van der Waals surface area (Å²) >= 11 is 3.41. The van der Waals surface area contributed by atoms with Crippen LogP contribution in [-0.2, 0) is 11.8 Å². The van der Waals surface area contributed by atoms with Crippen molar-refractivity contribution in [2.45, 2.75) is 36.3 Å². The van der Waals surface area contributed by atoms with Crippen molar-refractivity contribution in [3.05, 3.63) is 131 Å². The summed E-state index contributed by atoms with van der Waals surface area (Å²) in [5.41, 5.74) is 6.84. The van der Waals surface area contributed by atoms with Gasteiger partial charge in [0.1, 0.15) is 0 Å². The first-order chi connectivity index (χ1) is 18.5. The van der Waals surface area contributed by atoms with Crippen LogP contribution in [0.5, 0.6) is 0 Å². The van der Waals surface area contributed by atoms with Crippen molar-refractivity contribution >= 4 is 28.9 Å². The highest BCUT2D eigenvalue weighted by Crippen LogP contribution is 2.52. The third-order valence-corrected chi connectivity index (χ3v) is 9.98. The van der Waals surface area contributed by atoms with Crippen molar-refractivity contribution in [3.8, 4) is 10.4 Å². The number of hydrogen-bond donors (Lipinski definition) is 1. The topological polar surface area (TPSA) is 45.8 Å². The molecule has 0 atom stereocenters. The zero-order valence-corrected chi connectivity index (χ0v) is 23.5. The Bertz CT molecular complexity index is 1490. The number of fused-ring (bicyclic) bond motifs is 1. The number of carbonyl (C=O) groups excluding carboxylic acids is 1. The van der Waals surface area contributed by atoms with Gasteiger partial charge >= 0.3 is 0 Å². The van der Waals surface area contributed by atoms with Crippen LogP contribution in [0.2, 0.25) is 0 Å². The molecule has 3 nitrogen and oxygen atoms in total. The maximum absolute atomic E-state index is 13.4. The van der Waals surface area contributed by atoms with Crippen LogP contribution in [0, 0.1) is 5.41 Å². The predicted octanol–water partition coefficient (Wildman–Crippen LogP) is 8.40. The number of benzene rings is 3. The lowest BCUT2D eigenvalue weighted by Gasteiger charge is -2.35. The predicted molar refractivity (Wildman–Crippen MR) is 158 cm³/mol. The minimum absolute atomic E-state index is 0.0745. The van der Waals surface area contributed by atoms with Gasteiger partial charge in [-0.3, -0.25) is 9.89 Å². The van der Waals surface area contributed by atoms with Crippen LogP contribution in [-0.4, -0.2) is 22.2 Å². The molecule has 6 rings (SSSR count). The fourth-order valence-corrected chi connectivity index (χ4v) is 8.15. The Labute approximate surface area is 232 Å². The number of nitrogens with one attached hydrogen (secondary N) is 1. The average molecular weight is 535 g/mol. The smallest absolute Gasteiger partial charge is 0.165 e. The lowest BCUT2D eigenvalue weighted by molar-refractivity contribution is 0.0910. The molecule has 1 N–H and O–H groups in total. The van der Waals surface area contributed by atoms with Gasteiger partial charge in [-0.25, -0.2) is 0 Å². The molecule has 0 amide bonds. The minimum Gasteiger partial charge on any atom is -0.294 e. The largest absolute Gasteiger partial charge is 0.294 e. The summed E-state index contributed by atoms with van der Waals surface area (Å²) in [6, 6.07) is 32.0. The Morgan fingerprint density at radius 2 is 1.37 bits per heavy atom. The summed E-state index contributed by atoms with van der Waals surface area (Å²) in [5, 5.41) is 8.27. The summed E-state index contributed by atoms with van der Waals surface area (Å²) in [4.78, 5) is 14.5. The maximum Gasteiger partial charge on any atom is 0.165 e. The number of hydrogen-bond acceptors (Lipinski definition) is 4. The molecule has 0 spiro atoms. The van der Waals surface area contributed by atoms with E-state index in [0.29, 0.717) is 6.42 Å². The quantitative estimate of drug-likeness (QED) is 0.176. The van der Waals surface area contributed by atoms with Gasteiger partial charge < -0.3 is 0 Å². The molecule has 0 aliphatic heterocycles. The Balaban J connectivity index is 1.70. The lowest BCUT2D eigenvalue weighted by atomic mass is 9.66. The number of thioether (sulfide) groups is 1. The first-order valence-corrected chi connectivity index (χ1v) is 14.9. The molecule has 38 heavy (non-hydrogen) atoms. The first kappa shape index (κ1) is 24.9. The van der Waals surface area contributed by atoms with Crippen LogP contribution in [0.15, 0.2) is 101 Å². The molecular weight excluding hydrogens is 505 g/mol. The van der Waals surface area contributed by atoms with Gasteiger partial charge in [0.2, 0.25) is 0 Å². The third kappa shape index (κ3) is 3.96. The second kappa shape index (κ2) is 9.72. The molecule has 190 valence electrons. The summed E-state index contributed by atoms with van der Waals surface area (Å²) in [6.07, 6.45) is 5.56. The van der Waals surface area contributed by atoms with Crippen molar-refractivity contribution < 1.29 is 4.79 Å². The Morgan fingerprint density at radius 1 is 0.842 bits per heavy atom. The van der Waals surface area contributed by atoms with Gasteiger partial charge in [-0.15, -0.1) is 23.1 Å². The number of thiophene rings is 1. The molecule has 1 aliphatic rings. The normalized spacial score (nSPS) is 14.9. The fraction of sp³-hybridized carbons (Fsp3) is 0.212. The number of aromatic nitrogens is 2. The lowest BCUT2D eigenvalue weighted by Crippen LogP contribution is -2.32. The van der Waals surface area contributed by atoms with E-state index in [1.54, 1.807) is 23.1 Å². The van der Waals surface area contributed by atoms with E-state index in [-0.39, 0.29) is 11.2 Å². The highest BCUT2D eigenvalue weighted by molar-refractivity contribution is 8.00. The van der Waals surface area contributed by atoms with Crippen LogP contribution >= 0.6 is 23.1 Å². The van der Waals surface area contributed by atoms with Crippen LogP contribution in [0.3, 0.4) is 0 Å². The Kier molecular flexibility index (Phi) is 6.37. The van der Waals surface area contributed by atoms with E-state index in [4.69, 9.17) is 5.10 Å². The molecule has 5 heteroatoms. The molecule has 2 aromatic heterocycles. The highest BCUT2D eigenvalue weighted by atomic mass is 32.2. The van der Waals surface area contributed by atoms with Crippen molar-refractivity contribution in [1.29, 1.82) is 0 Å². The van der Waals surface area contributed by atoms with Crippen LogP contribution in [0.4, 0.5) is 0 Å². The number of aromatic amines is 1. The Hall–Kier alpha value is -3.41. The molecule has 0 bridgehead atoms. The maximum atomic E-state index is 13.4. The van der Waals surface area contributed by atoms with E-state index in [2.05, 4.69) is 116 Å². The number of nitrogens with zero attached hydrogens (tertiary/aromatic N) is 1. The van der Waals surface area contributed by atoms with Crippen molar-refractivity contribution in [2.24, 2.45) is 5.41 Å². The molecule has 0 fully saturated rings. The zero-order valence-electron chi connectivity index (χ0n) is 21.8. The molecule has 0 radical (unpaired) electrons. The number of Topliss-reactive ketones (excluding diaryl/α,β-unsaturated/α-hetero) is 1. The molecule has 0 saturated carbocycles. The summed E-state index contributed by atoms with van der Waals surface area (Å²) < 4.78 is 1.10. The second-order valence-corrected chi connectivity index (χ2v) is 12.8. The molecular formula is C33H30N2OS2. The molecule has 5 aromatic rings. The average Bonchev–Trinajstić information content (AvgIpc) is 3.55. The van der Waals surface area contributed by atoms with Crippen LogP contribution in [0.25, 0.3) is 10.4 Å². The van der Waals surface area contributed by atoms with Crippen LogP contribution < -0.4 is 0 Å². The van der Waals surface area contributed by atoms with E-state index >= 15 is 0 Å². The molecule has 0 saturated heterocycles. The number of carbonyl (C=O) groups is 1. The molecule has 2 heterocycles. The highest BCUT2D eigenvalue weighted by Gasteiger charge is 2.44. The second-order valence-electron chi connectivity index (χ2n) is 10.7. The fourth-order valence-electron chi connectivity index (χ4n) is 6.04. The SMILES string of the molecule is CSc1sc(-c2c[nH]nc2C(c2ccccc2)(c2ccccc2)c2ccccc2)c2c1C(=O)CC(C)(C)C2. The molecule has 3 aromatic carbocycles. The van der Waals surface area contributed by atoms with Crippen molar-refractivity contribution in [2.75, 3.05) is 6.26 Å². The monoisotopic (exact) mass is 534 g/mol. The van der Waals surface area contributed by atoms with Gasteiger partial charge in [-0.2, -0.15) is 5.10 Å². The van der Waals surface area contributed by atoms with E-state index in [1.165, 1.54) is 5.56 Å². The number of ketones is 1. The van der Waals surface area contributed by atoms with E-state index in [1.807, 2.05) is 6.20 Å². The summed E-state index contributed by atoms with van der Waals surface area (Å²) in [6.45, 7) is 4.40. The van der Waals surface area contributed by atoms with Gasteiger partial charge in [-0.05, 0) is 40.3 Å². The third-order valence-electron chi connectivity index (χ3n) is 7.59. The minimum atomic E-state index is -0.649. The first-order valence-electron chi connectivity index (χ1n) is 12.9. The number of H-pyrrole nitrogens is 1. The Morgan fingerprint density at radius 3 is 1.87 bits per heavy atom. The standard InChI is InChI=1S/C33H30N2OS2/c1-32(2)19-25-28(27(36)20-32)31(37-3)38-29(25)26-21-34-35-30(26)33(22-13-7-4-8-14-22,23-15-9-5-10-16-23)24-17-11-6-12-18-24/h4-18,21H,19-20H2,1-3H3,(H,34,35). The van der Waals surface area contributed by atoms with Gasteiger partial charge in [0.05, 0.1) is 15.3 Å². The van der Waals surface area contributed by atoms with Crippen molar-refractivity contribution in [1.82, 2.24) is 10.2 Å². The molecule has 0 unspecified atom stereocenters. The van der Waals surface area contributed by atoms with E-state index in [0.717, 1.165) is 49.0 Å². The summed E-state index contributed by atoms with van der Waals surface area (Å²) in [7, 11) is 0.